The number of carbonyl (C=O) groups is 2. The maximum absolute atomic E-state index is 11.9. The van der Waals surface area contributed by atoms with Crippen LogP contribution in [0.15, 0.2) is 30.3 Å². The average Bonchev–Trinajstić information content (AvgIpc) is 2.40. The van der Waals surface area contributed by atoms with Crippen LogP contribution < -0.4 is 5.32 Å². The Morgan fingerprint density at radius 3 is 2.58 bits per heavy atom. The van der Waals surface area contributed by atoms with Gasteiger partial charge in [0.05, 0.1) is 5.92 Å². The van der Waals surface area contributed by atoms with Gasteiger partial charge < -0.3 is 10.1 Å². The first-order chi connectivity index (χ1) is 9.08. The van der Waals surface area contributed by atoms with Crippen molar-refractivity contribution in [2.75, 3.05) is 0 Å². The van der Waals surface area contributed by atoms with Crippen molar-refractivity contribution >= 4 is 11.9 Å². The monoisotopic (exact) mass is 261 g/mol. The number of hydrogen-bond donors (Lipinski definition) is 1. The second kappa shape index (κ2) is 5.87. The maximum atomic E-state index is 11.9. The van der Waals surface area contributed by atoms with Gasteiger partial charge in [-0.15, -0.1) is 0 Å². The largest absolute Gasteiger partial charge is 0.459 e. The molecule has 1 aromatic rings. The van der Waals surface area contributed by atoms with Gasteiger partial charge in [-0.1, -0.05) is 44.2 Å². The van der Waals surface area contributed by atoms with Crippen LogP contribution in [-0.4, -0.2) is 17.9 Å². The summed E-state index contributed by atoms with van der Waals surface area (Å²) >= 11 is 0. The highest BCUT2D eigenvalue weighted by molar-refractivity contribution is 5.97. The first-order valence-electron chi connectivity index (χ1n) is 6.59. The van der Waals surface area contributed by atoms with Crippen LogP contribution in [-0.2, 0) is 20.9 Å². The normalized spacial score (nSPS) is 21.7. The van der Waals surface area contributed by atoms with Crippen molar-refractivity contribution < 1.29 is 14.3 Å². The Balaban J connectivity index is 1.85. The molecule has 0 spiro atoms. The van der Waals surface area contributed by atoms with Crippen molar-refractivity contribution in [3.63, 3.8) is 0 Å². The summed E-state index contributed by atoms with van der Waals surface area (Å²) in [5.74, 6) is -0.229. The number of hydrogen-bond acceptors (Lipinski definition) is 3. The zero-order valence-electron chi connectivity index (χ0n) is 11.3. The molecule has 0 aromatic heterocycles. The summed E-state index contributed by atoms with van der Waals surface area (Å²) in [6.45, 7) is 4.33. The summed E-state index contributed by atoms with van der Waals surface area (Å²) < 4.78 is 5.24. The topological polar surface area (TPSA) is 55.4 Å². The van der Waals surface area contributed by atoms with Crippen LogP contribution in [0, 0.1) is 11.8 Å². The van der Waals surface area contributed by atoms with E-state index in [1.54, 1.807) is 0 Å². The van der Waals surface area contributed by atoms with Gasteiger partial charge in [-0.3, -0.25) is 4.79 Å². The van der Waals surface area contributed by atoms with Gasteiger partial charge in [0.25, 0.3) is 0 Å². The van der Waals surface area contributed by atoms with Gasteiger partial charge in [-0.2, -0.15) is 0 Å². The second-order valence-corrected chi connectivity index (χ2v) is 5.32. The first kappa shape index (κ1) is 13.6. The lowest BCUT2D eigenvalue weighted by Gasteiger charge is -2.35. The molecule has 1 aromatic carbocycles. The van der Waals surface area contributed by atoms with Gasteiger partial charge in [0.1, 0.15) is 12.6 Å². The van der Waals surface area contributed by atoms with Crippen molar-refractivity contribution in [3.8, 4) is 0 Å². The van der Waals surface area contributed by atoms with E-state index in [-0.39, 0.29) is 24.4 Å². The molecule has 2 atom stereocenters. The number of rotatable bonds is 5. The summed E-state index contributed by atoms with van der Waals surface area (Å²) in [5.41, 5.74) is 0.946. The van der Waals surface area contributed by atoms with Crippen LogP contribution >= 0.6 is 0 Å². The molecule has 1 N–H and O–H groups in total. The lowest BCUT2D eigenvalue weighted by molar-refractivity contribution is -0.159. The maximum Gasteiger partial charge on any atom is 0.329 e. The molecule has 1 saturated heterocycles. The van der Waals surface area contributed by atoms with Crippen molar-refractivity contribution in [2.24, 2.45) is 11.8 Å². The summed E-state index contributed by atoms with van der Waals surface area (Å²) in [6.07, 6.45) is 0.719. The van der Waals surface area contributed by atoms with Crippen LogP contribution in [0.25, 0.3) is 0 Å². The third kappa shape index (κ3) is 3.34. The molecule has 1 aliphatic heterocycles. The second-order valence-electron chi connectivity index (χ2n) is 5.32. The fourth-order valence-corrected chi connectivity index (χ4v) is 2.21. The smallest absolute Gasteiger partial charge is 0.329 e. The van der Waals surface area contributed by atoms with Crippen LogP contribution in [0.4, 0.5) is 0 Å². The van der Waals surface area contributed by atoms with Crippen LogP contribution in [0.5, 0.6) is 0 Å². The third-order valence-electron chi connectivity index (χ3n) is 3.24. The van der Waals surface area contributed by atoms with E-state index in [0.717, 1.165) is 12.0 Å². The van der Waals surface area contributed by atoms with E-state index < -0.39 is 6.04 Å². The van der Waals surface area contributed by atoms with Crippen LogP contribution in [0.1, 0.15) is 25.8 Å². The highest BCUT2D eigenvalue weighted by atomic mass is 16.5. The fourth-order valence-electron chi connectivity index (χ4n) is 2.21. The number of esters is 1. The predicted molar refractivity (Wildman–Crippen MR) is 71.1 cm³/mol. The van der Waals surface area contributed by atoms with Crippen molar-refractivity contribution in [1.29, 1.82) is 0 Å². The minimum Gasteiger partial charge on any atom is -0.459 e. The Kier molecular flexibility index (Phi) is 4.20. The number of benzene rings is 1. The molecule has 2 rings (SSSR count). The minimum atomic E-state index is -0.474. The molecule has 4 heteroatoms. The number of β-lactam (4-membered cyclic amide) rings is 1. The molecule has 1 fully saturated rings. The van der Waals surface area contributed by atoms with E-state index in [2.05, 4.69) is 5.32 Å². The quantitative estimate of drug-likeness (QED) is 0.650. The zero-order valence-corrected chi connectivity index (χ0v) is 11.3. The van der Waals surface area contributed by atoms with Gasteiger partial charge in [-0.25, -0.2) is 4.79 Å². The SMILES string of the molecule is CC(C)C[C@H]1C(=O)N[C@@H]1C(=O)OCc1ccccc1. The fraction of sp³-hybridized carbons (Fsp3) is 0.467. The molecule has 1 aliphatic rings. The average molecular weight is 261 g/mol. The zero-order chi connectivity index (χ0) is 13.8. The van der Waals surface area contributed by atoms with Crippen molar-refractivity contribution in [3.05, 3.63) is 35.9 Å². The van der Waals surface area contributed by atoms with Crippen LogP contribution in [0.2, 0.25) is 0 Å². The molecule has 0 aliphatic carbocycles. The Labute approximate surface area is 113 Å². The van der Waals surface area contributed by atoms with Gasteiger partial charge >= 0.3 is 5.97 Å². The molecule has 0 bridgehead atoms. The van der Waals surface area contributed by atoms with E-state index in [1.165, 1.54) is 0 Å². The molecular weight excluding hydrogens is 242 g/mol. The highest BCUT2D eigenvalue weighted by Crippen LogP contribution is 2.24. The van der Waals surface area contributed by atoms with Gasteiger partial charge in [-0.05, 0) is 17.9 Å². The molecule has 4 nitrogen and oxygen atoms in total. The molecule has 0 saturated carbocycles. The van der Waals surface area contributed by atoms with Crippen LogP contribution in [0.3, 0.4) is 0 Å². The van der Waals surface area contributed by atoms with Crippen molar-refractivity contribution in [1.82, 2.24) is 5.32 Å². The molecule has 1 amide bonds. The number of amides is 1. The van der Waals surface area contributed by atoms with E-state index in [1.807, 2.05) is 44.2 Å². The predicted octanol–water partition coefficient (Wildman–Crippen LogP) is 1.89. The Morgan fingerprint density at radius 2 is 2.00 bits per heavy atom. The lowest BCUT2D eigenvalue weighted by Crippen LogP contribution is -2.62. The molecular formula is C15H19NO3. The standard InChI is InChI=1S/C15H19NO3/c1-10(2)8-12-13(16-14(12)17)15(18)19-9-11-6-4-3-5-7-11/h3-7,10,12-13H,8-9H2,1-2H3,(H,16,17)/t12-,13+/m1/s1. The molecule has 1 heterocycles. The summed E-state index contributed by atoms with van der Waals surface area (Å²) in [6, 6.07) is 9.04. The number of carbonyl (C=O) groups excluding carboxylic acids is 2. The summed E-state index contributed by atoms with van der Waals surface area (Å²) in [4.78, 5) is 23.3. The Hall–Kier alpha value is -1.84. The third-order valence-corrected chi connectivity index (χ3v) is 3.24. The number of ether oxygens (including phenoxy) is 1. The molecule has 0 unspecified atom stereocenters. The van der Waals surface area contributed by atoms with Gasteiger partial charge in [0, 0.05) is 0 Å². The summed E-state index contributed by atoms with van der Waals surface area (Å²) in [7, 11) is 0. The van der Waals surface area contributed by atoms with E-state index >= 15 is 0 Å². The lowest BCUT2D eigenvalue weighted by atomic mass is 9.83. The molecule has 19 heavy (non-hydrogen) atoms. The molecule has 102 valence electrons. The first-order valence-corrected chi connectivity index (χ1v) is 6.59. The minimum absolute atomic E-state index is 0.0460. The highest BCUT2D eigenvalue weighted by Gasteiger charge is 2.44. The van der Waals surface area contributed by atoms with E-state index in [0.29, 0.717) is 5.92 Å². The van der Waals surface area contributed by atoms with E-state index in [4.69, 9.17) is 4.74 Å². The molecule has 0 radical (unpaired) electrons. The number of nitrogens with one attached hydrogen (secondary N) is 1. The Bertz CT molecular complexity index is 456. The van der Waals surface area contributed by atoms with Gasteiger partial charge in [0.15, 0.2) is 0 Å². The van der Waals surface area contributed by atoms with E-state index in [9.17, 15) is 9.59 Å². The van der Waals surface area contributed by atoms with Gasteiger partial charge in [0.2, 0.25) is 5.91 Å². The van der Waals surface area contributed by atoms with Crippen molar-refractivity contribution in [2.45, 2.75) is 32.9 Å². The Morgan fingerprint density at radius 1 is 1.32 bits per heavy atom. The summed E-state index contributed by atoms with van der Waals surface area (Å²) in [5, 5.41) is 2.62.